The van der Waals surface area contributed by atoms with Crippen molar-refractivity contribution in [2.75, 3.05) is 19.6 Å². The van der Waals surface area contributed by atoms with Crippen LogP contribution in [0.5, 0.6) is 0 Å². The zero-order valence-electron chi connectivity index (χ0n) is 13.5. The molecule has 0 aromatic carbocycles. The molecule has 2 aliphatic carbocycles. The Bertz CT molecular complexity index is 527. The van der Waals surface area contributed by atoms with Crippen molar-refractivity contribution >= 4 is 18.3 Å². The molecule has 1 saturated heterocycles. The molecule has 4 rings (SSSR count). The van der Waals surface area contributed by atoms with Gasteiger partial charge in [0.1, 0.15) is 5.54 Å². The topological polar surface area (TPSA) is 59.0 Å². The van der Waals surface area contributed by atoms with Gasteiger partial charge in [0.25, 0.3) is 0 Å². The van der Waals surface area contributed by atoms with Gasteiger partial charge in [0.2, 0.25) is 5.91 Å². The smallest absolute Gasteiger partial charge is 0.248 e. The van der Waals surface area contributed by atoms with Crippen molar-refractivity contribution in [2.24, 2.45) is 17.8 Å². The molecule has 3 unspecified atom stereocenters. The lowest BCUT2D eigenvalue weighted by atomic mass is 9.86. The SMILES string of the molecule is Cl.O=C(NCC1CC2CCC1C2)C1(n2cccn2)CCNCC1. The fraction of sp³-hybridized carbons (Fsp3) is 0.765. The molecule has 3 aliphatic rings. The van der Waals surface area contributed by atoms with Crippen molar-refractivity contribution in [1.29, 1.82) is 0 Å². The third kappa shape index (κ3) is 3.01. The van der Waals surface area contributed by atoms with Gasteiger partial charge in [0.15, 0.2) is 0 Å². The summed E-state index contributed by atoms with van der Waals surface area (Å²) < 4.78 is 1.88. The van der Waals surface area contributed by atoms with Gasteiger partial charge >= 0.3 is 0 Å². The number of hydrogen-bond donors (Lipinski definition) is 2. The first-order chi connectivity index (χ1) is 10.8. The Hall–Kier alpha value is -1.07. The zero-order valence-corrected chi connectivity index (χ0v) is 14.4. The number of hydrogen-bond acceptors (Lipinski definition) is 3. The van der Waals surface area contributed by atoms with Gasteiger partial charge in [0.05, 0.1) is 0 Å². The van der Waals surface area contributed by atoms with Crippen LogP contribution in [0.4, 0.5) is 0 Å². The Morgan fingerprint density at radius 1 is 1.30 bits per heavy atom. The lowest BCUT2D eigenvalue weighted by Crippen LogP contribution is -2.55. The predicted molar refractivity (Wildman–Crippen MR) is 91.5 cm³/mol. The minimum absolute atomic E-state index is 0. The fourth-order valence-electron chi connectivity index (χ4n) is 4.94. The lowest BCUT2D eigenvalue weighted by molar-refractivity contribution is -0.132. The molecule has 128 valence electrons. The number of halogens is 1. The number of carbonyl (C=O) groups excluding carboxylic acids is 1. The number of carbonyl (C=O) groups is 1. The van der Waals surface area contributed by atoms with E-state index >= 15 is 0 Å². The molecule has 2 heterocycles. The number of rotatable bonds is 4. The maximum atomic E-state index is 13.0. The summed E-state index contributed by atoms with van der Waals surface area (Å²) in [6, 6.07) is 1.91. The molecule has 6 heteroatoms. The molecule has 0 spiro atoms. The van der Waals surface area contributed by atoms with E-state index in [-0.39, 0.29) is 18.3 Å². The third-order valence-electron chi connectivity index (χ3n) is 6.21. The van der Waals surface area contributed by atoms with Gasteiger partial charge in [-0.25, -0.2) is 0 Å². The highest BCUT2D eigenvalue weighted by Gasteiger charge is 2.43. The maximum absolute atomic E-state index is 13.0. The molecule has 5 nitrogen and oxygen atoms in total. The third-order valence-corrected chi connectivity index (χ3v) is 6.21. The van der Waals surface area contributed by atoms with E-state index in [0.717, 1.165) is 44.3 Å². The van der Waals surface area contributed by atoms with E-state index in [1.54, 1.807) is 6.20 Å². The number of piperidine rings is 1. The molecule has 1 aromatic rings. The first-order valence-electron chi connectivity index (χ1n) is 8.77. The van der Waals surface area contributed by atoms with Gasteiger partial charge in [-0.3, -0.25) is 9.48 Å². The van der Waals surface area contributed by atoms with E-state index in [4.69, 9.17) is 0 Å². The minimum Gasteiger partial charge on any atom is -0.354 e. The second-order valence-electron chi connectivity index (χ2n) is 7.38. The van der Waals surface area contributed by atoms with Crippen molar-refractivity contribution in [3.05, 3.63) is 18.5 Å². The average Bonchev–Trinajstić information content (AvgIpc) is 3.30. The molecule has 1 aromatic heterocycles. The molecule has 3 fully saturated rings. The Balaban J connectivity index is 0.00000156. The summed E-state index contributed by atoms with van der Waals surface area (Å²) in [6.45, 7) is 2.61. The van der Waals surface area contributed by atoms with Gasteiger partial charge in [-0.05, 0) is 69.0 Å². The second-order valence-corrected chi connectivity index (χ2v) is 7.38. The lowest BCUT2D eigenvalue weighted by Gasteiger charge is -2.37. The van der Waals surface area contributed by atoms with Crippen LogP contribution in [-0.4, -0.2) is 35.3 Å². The molecule has 1 amide bonds. The quantitative estimate of drug-likeness (QED) is 0.882. The van der Waals surface area contributed by atoms with Crippen LogP contribution in [0.3, 0.4) is 0 Å². The summed E-state index contributed by atoms with van der Waals surface area (Å²) in [7, 11) is 0. The van der Waals surface area contributed by atoms with Crippen molar-refractivity contribution in [1.82, 2.24) is 20.4 Å². The molecular weight excluding hydrogens is 312 g/mol. The van der Waals surface area contributed by atoms with E-state index in [1.807, 2.05) is 16.9 Å². The number of amides is 1. The summed E-state index contributed by atoms with van der Waals surface area (Å²) in [5.41, 5.74) is -0.494. The molecule has 3 atom stereocenters. The van der Waals surface area contributed by atoms with Crippen LogP contribution in [0.15, 0.2) is 18.5 Å². The largest absolute Gasteiger partial charge is 0.354 e. The highest BCUT2D eigenvalue weighted by atomic mass is 35.5. The van der Waals surface area contributed by atoms with E-state index in [2.05, 4.69) is 15.7 Å². The summed E-state index contributed by atoms with van der Waals surface area (Å²) in [5, 5.41) is 11.0. The van der Waals surface area contributed by atoms with Crippen LogP contribution < -0.4 is 10.6 Å². The van der Waals surface area contributed by atoms with E-state index in [9.17, 15) is 4.79 Å². The van der Waals surface area contributed by atoms with Gasteiger partial charge in [-0.2, -0.15) is 5.10 Å². The van der Waals surface area contributed by atoms with Gasteiger partial charge < -0.3 is 10.6 Å². The highest BCUT2D eigenvalue weighted by Crippen LogP contribution is 2.48. The Labute approximate surface area is 144 Å². The fourth-order valence-corrected chi connectivity index (χ4v) is 4.94. The van der Waals surface area contributed by atoms with Crippen molar-refractivity contribution in [2.45, 2.75) is 44.1 Å². The Morgan fingerprint density at radius 2 is 2.13 bits per heavy atom. The van der Waals surface area contributed by atoms with Crippen molar-refractivity contribution < 1.29 is 4.79 Å². The van der Waals surface area contributed by atoms with Gasteiger partial charge in [0, 0.05) is 18.9 Å². The van der Waals surface area contributed by atoms with Crippen LogP contribution in [0.2, 0.25) is 0 Å². The van der Waals surface area contributed by atoms with E-state index in [0.29, 0.717) is 5.92 Å². The minimum atomic E-state index is -0.494. The molecule has 1 aliphatic heterocycles. The molecule has 0 radical (unpaired) electrons. The molecule has 2 saturated carbocycles. The average molecular weight is 339 g/mol. The number of nitrogens with zero attached hydrogens (tertiary/aromatic N) is 2. The van der Waals surface area contributed by atoms with Crippen LogP contribution in [0.25, 0.3) is 0 Å². The zero-order chi connectivity index (χ0) is 15.0. The summed E-state index contributed by atoms with van der Waals surface area (Å²) >= 11 is 0. The summed E-state index contributed by atoms with van der Waals surface area (Å²) in [6.07, 6.45) is 10.8. The predicted octanol–water partition coefficient (Wildman–Crippen LogP) is 1.94. The molecule has 2 N–H and O–H groups in total. The van der Waals surface area contributed by atoms with E-state index in [1.165, 1.54) is 25.7 Å². The summed E-state index contributed by atoms with van der Waals surface area (Å²) in [5.74, 6) is 2.67. The number of fused-ring (bicyclic) bond motifs is 2. The summed E-state index contributed by atoms with van der Waals surface area (Å²) in [4.78, 5) is 13.0. The number of aromatic nitrogens is 2. The maximum Gasteiger partial charge on any atom is 0.248 e. The first kappa shape index (κ1) is 16.8. The Kier molecular flexibility index (Phi) is 4.97. The standard InChI is InChI=1S/C17H26N4O.ClH/c22-16(19-12-15-11-13-2-3-14(15)10-13)17(4-7-18-8-5-17)21-9-1-6-20-21;/h1,6,9,13-15,18H,2-5,7-8,10-12H2,(H,19,22);1H. The van der Waals surface area contributed by atoms with Crippen LogP contribution >= 0.6 is 12.4 Å². The number of nitrogens with one attached hydrogen (secondary N) is 2. The van der Waals surface area contributed by atoms with Gasteiger partial charge in [-0.1, -0.05) is 6.42 Å². The normalized spacial score (nSPS) is 31.6. The van der Waals surface area contributed by atoms with Crippen LogP contribution in [-0.2, 0) is 10.3 Å². The van der Waals surface area contributed by atoms with Crippen LogP contribution in [0.1, 0.15) is 38.5 Å². The molecular formula is C17H27ClN4O. The first-order valence-corrected chi connectivity index (χ1v) is 8.77. The highest BCUT2D eigenvalue weighted by molar-refractivity contribution is 5.85. The molecule has 2 bridgehead atoms. The van der Waals surface area contributed by atoms with Crippen molar-refractivity contribution in [3.8, 4) is 0 Å². The second kappa shape index (κ2) is 6.81. The Morgan fingerprint density at radius 3 is 2.74 bits per heavy atom. The van der Waals surface area contributed by atoms with Gasteiger partial charge in [-0.15, -0.1) is 12.4 Å². The monoisotopic (exact) mass is 338 g/mol. The van der Waals surface area contributed by atoms with Crippen molar-refractivity contribution in [3.63, 3.8) is 0 Å². The molecule has 23 heavy (non-hydrogen) atoms. The van der Waals surface area contributed by atoms with E-state index < -0.39 is 5.54 Å². The van der Waals surface area contributed by atoms with Crippen LogP contribution in [0, 0.1) is 17.8 Å².